The van der Waals surface area contributed by atoms with Crippen molar-refractivity contribution in [2.45, 2.75) is 32.9 Å². The molecule has 25 heavy (non-hydrogen) atoms. The highest BCUT2D eigenvalue weighted by molar-refractivity contribution is 5.95. The van der Waals surface area contributed by atoms with Crippen molar-refractivity contribution in [1.82, 2.24) is 10.2 Å². The molecule has 0 fully saturated rings. The lowest BCUT2D eigenvalue weighted by molar-refractivity contribution is -0.143. The number of nitrogens with zero attached hydrogens (tertiary/aromatic N) is 1. The first-order chi connectivity index (χ1) is 11.8. The minimum atomic E-state index is -0.694. The first kappa shape index (κ1) is 18.6. The molecule has 2 rings (SSSR count). The van der Waals surface area contributed by atoms with Crippen molar-refractivity contribution in [2.75, 3.05) is 21.3 Å². The molecule has 1 heterocycles. The molecule has 1 N–H and O–H groups in total. The van der Waals surface area contributed by atoms with Gasteiger partial charge in [-0.2, -0.15) is 0 Å². The Balaban J connectivity index is 2.61. The summed E-state index contributed by atoms with van der Waals surface area (Å²) in [7, 11) is 4.65. The summed E-state index contributed by atoms with van der Waals surface area (Å²) in [5.74, 6) is 0.499. The Labute approximate surface area is 147 Å². The molecule has 1 aliphatic rings. The number of ether oxygens (including phenoxy) is 3. The van der Waals surface area contributed by atoms with Crippen molar-refractivity contribution in [3.63, 3.8) is 0 Å². The quantitative estimate of drug-likeness (QED) is 0.828. The summed E-state index contributed by atoms with van der Waals surface area (Å²) < 4.78 is 16.2. The number of para-hydroxylation sites is 1. The van der Waals surface area contributed by atoms with Crippen LogP contribution in [0.5, 0.6) is 11.5 Å². The smallest absolute Gasteiger partial charge is 0.338 e. The van der Waals surface area contributed by atoms with Gasteiger partial charge in [-0.25, -0.2) is 9.59 Å². The molecule has 2 amide bonds. The maximum absolute atomic E-state index is 12.7. The summed E-state index contributed by atoms with van der Waals surface area (Å²) in [5, 5.41) is 2.84. The average molecular weight is 348 g/mol. The van der Waals surface area contributed by atoms with Crippen LogP contribution in [0, 0.1) is 0 Å². The first-order valence-corrected chi connectivity index (χ1v) is 7.98. The minimum absolute atomic E-state index is 0.274. The maximum atomic E-state index is 12.7. The van der Waals surface area contributed by atoms with E-state index in [1.807, 2.05) is 0 Å². The zero-order chi connectivity index (χ0) is 18.7. The second-order valence-electron chi connectivity index (χ2n) is 5.98. The summed E-state index contributed by atoms with van der Waals surface area (Å²) in [6, 6.07) is 4.31. The predicted molar refractivity (Wildman–Crippen MR) is 92.5 cm³/mol. The number of methoxy groups -OCH3 is 2. The van der Waals surface area contributed by atoms with Crippen LogP contribution in [0.1, 0.15) is 32.4 Å². The van der Waals surface area contributed by atoms with E-state index in [0.29, 0.717) is 28.3 Å². The van der Waals surface area contributed by atoms with Gasteiger partial charge in [-0.05, 0) is 26.8 Å². The van der Waals surface area contributed by atoms with E-state index in [0.717, 1.165) is 0 Å². The lowest BCUT2D eigenvalue weighted by Crippen LogP contribution is -2.46. The van der Waals surface area contributed by atoms with Gasteiger partial charge in [0.15, 0.2) is 11.5 Å². The third-order valence-corrected chi connectivity index (χ3v) is 4.06. The van der Waals surface area contributed by atoms with Crippen molar-refractivity contribution in [3.05, 3.63) is 35.0 Å². The molecule has 7 heteroatoms. The topological polar surface area (TPSA) is 77.1 Å². The lowest BCUT2D eigenvalue weighted by Gasteiger charge is -2.34. The molecule has 1 aliphatic heterocycles. The number of esters is 1. The molecule has 0 aliphatic carbocycles. The molecule has 0 unspecified atom stereocenters. The van der Waals surface area contributed by atoms with E-state index in [1.165, 1.54) is 19.1 Å². The van der Waals surface area contributed by atoms with Gasteiger partial charge >= 0.3 is 12.0 Å². The SMILES string of the molecule is COc1cccc([C@@H]2NC(=O)N(C)C(C)=C2C(=O)OC(C)C)c1OC. The minimum Gasteiger partial charge on any atom is -0.493 e. The summed E-state index contributed by atoms with van der Waals surface area (Å²) in [5.41, 5.74) is 1.52. The molecule has 0 spiro atoms. The molecular formula is C18H24N2O5. The fraction of sp³-hybridized carbons (Fsp3) is 0.444. The third kappa shape index (κ3) is 3.55. The van der Waals surface area contributed by atoms with Gasteiger partial charge in [0.05, 0.1) is 31.9 Å². The fourth-order valence-electron chi connectivity index (χ4n) is 2.75. The Morgan fingerprint density at radius 2 is 1.92 bits per heavy atom. The van der Waals surface area contributed by atoms with Gasteiger partial charge in [-0.1, -0.05) is 12.1 Å². The molecule has 1 atom stereocenters. The van der Waals surface area contributed by atoms with Gasteiger partial charge in [0.1, 0.15) is 0 Å². The summed E-state index contributed by atoms with van der Waals surface area (Å²) in [6.07, 6.45) is -0.274. The van der Waals surface area contributed by atoms with Gasteiger partial charge < -0.3 is 24.4 Å². The van der Waals surface area contributed by atoms with Gasteiger partial charge in [-0.15, -0.1) is 0 Å². The molecule has 0 radical (unpaired) electrons. The van der Waals surface area contributed by atoms with Crippen LogP contribution in [0.15, 0.2) is 29.5 Å². The molecule has 0 saturated heterocycles. The van der Waals surface area contributed by atoms with E-state index >= 15 is 0 Å². The number of urea groups is 1. The zero-order valence-corrected chi connectivity index (χ0v) is 15.4. The highest BCUT2D eigenvalue weighted by Gasteiger charge is 2.37. The zero-order valence-electron chi connectivity index (χ0n) is 15.4. The van der Waals surface area contributed by atoms with Crippen molar-refractivity contribution in [2.24, 2.45) is 0 Å². The monoisotopic (exact) mass is 348 g/mol. The number of carbonyl (C=O) groups is 2. The van der Waals surface area contributed by atoms with Gasteiger partial charge in [-0.3, -0.25) is 0 Å². The Kier molecular flexibility index (Phi) is 5.56. The van der Waals surface area contributed by atoms with Crippen molar-refractivity contribution < 1.29 is 23.8 Å². The second kappa shape index (κ2) is 7.46. The highest BCUT2D eigenvalue weighted by Crippen LogP contribution is 2.40. The lowest BCUT2D eigenvalue weighted by atomic mass is 9.94. The van der Waals surface area contributed by atoms with Gasteiger partial charge in [0.2, 0.25) is 0 Å². The molecule has 0 bridgehead atoms. The highest BCUT2D eigenvalue weighted by atomic mass is 16.5. The molecule has 1 aromatic rings. The Bertz CT molecular complexity index is 711. The van der Waals surface area contributed by atoms with Crippen molar-refractivity contribution >= 4 is 12.0 Å². The van der Waals surface area contributed by atoms with Crippen LogP contribution in [-0.4, -0.2) is 44.3 Å². The standard InChI is InChI=1S/C18H24N2O5/c1-10(2)25-17(21)14-11(3)20(4)18(22)19-15(14)12-8-7-9-13(23-5)16(12)24-6/h7-10,15H,1-6H3,(H,19,22)/t15-/m0/s1. The van der Waals surface area contributed by atoms with Crippen LogP contribution in [0.25, 0.3) is 0 Å². The number of hydrogen-bond acceptors (Lipinski definition) is 5. The van der Waals surface area contributed by atoms with E-state index in [-0.39, 0.29) is 12.1 Å². The van der Waals surface area contributed by atoms with E-state index in [4.69, 9.17) is 14.2 Å². The molecule has 0 saturated carbocycles. The van der Waals surface area contributed by atoms with Crippen LogP contribution in [0.3, 0.4) is 0 Å². The van der Waals surface area contributed by atoms with Gasteiger partial charge in [0.25, 0.3) is 0 Å². The summed E-state index contributed by atoms with van der Waals surface area (Å²) >= 11 is 0. The first-order valence-electron chi connectivity index (χ1n) is 7.98. The largest absolute Gasteiger partial charge is 0.493 e. The molecule has 136 valence electrons. The normalized spacial score (nSPS) is 17.5. The van der Waals surface area contributed by atoms with Crippen LogP contribution in [0.4, 0.5) is 4.79 Å². The second-order valence-corrected chi connectivity index (χ2v) is 5.98. The predicted octanol–water partition coefficient (Wildman–Crippen LogP) is 2.63. The third-order valence-electron chi connectivity index (χ3n) is 4.06. The molecule has 0 aromatic heterocycles. The number of benzene rings is 1. The van der Waals surface area contributed by atoms with Crippen LogP contribution in [-0.2, 0) is 9.53 Å². The number of nitrogens with one attached hydrogen (secondary N) is 1. The molecular weight excluding hydrogens is 324 g/mol. The summed E-state index contributed by atoms with van der Waals surface area (Å²) in [4.78, 5) is 26.4. The number of allylic oxidation sites excluding steroid dienone is 1. The number of carbonyl (C=O) groups excluding carboxylic acids is 2. The van der Waals surface area contributed by atoms with E-state index in [1.54, 1.807) is 46.0 Å². The number of hydrogen-bond donors (Lipinski definition) is 1. The number of amides is 2. The van der Waals surface area contributed by atoms with Crippen molar-refractivity contribution in [3.8, 4) is 11.5 Å². The van der Waals surface area contributed by atoms with E-state index < -0.39 is 12.0 Å². The average Bonchev–Trinajstić information content (AvgIpc) is 2.57. The fourth-order valence-corrected chi connectivity index (χ4v) is 2.75. The Morgan fingerprint density at radius 3 is 2.48 bits per heavy atom. The van der Waals surface area contributed by atoms with Gasteiger partial charge in [0, 0.05) is 18.3 Å². The Morgan fingerprint density at radius 1 is 1.24 bits per heavy atom. The molecule has 7 nitrogen and oxygen atoms in total. The van der Waals surface area contributed by atoms with Crippen LogP contribution in [0.2, 0.25) is 0 Å². The van der Waals surface area contributed by atoms with E-state index in [9.17, 15) is 9.59 Å². The van der Waals surface area contributed by atoms with E-state index in [2.05, 4.69) is 5.32 Å². The van der Waals surface area contributed by atoms with Crippen LogP contribution < -0.4 is 14.8 Å². The van der Waals surface area contributed by atoms with Crippen molar-refractivity contribution in [1.29, 1.82) is 0 Å². The number of rotatable bonds is 5. The summed E-state index contributed by atoms with van der Waals surface area (Å²) in [6.45, 7) is 5.27. The Hall–Kier alpha value is -2.70. The van der Waals surface area contributed by atoms with Crippen LogP contribution >= 0.6 is 0 Å². The molecule has 1 aromatic carbocycles. The maximum Gasteiger partial charge on any atom is 0.338 e.